The van der Waals surface area contributed by atoms with Crippen molar-refractivity contribution in [3.8, 4) is 50.8 Å². The van der Waals surface area contributed by atoms with Crippen molar-refractivity contribution in [3.63, 3.8) is 0 Å². The molecule has 14 rings (SSSR count). The Kier molecular flexibility index (Phi) is 11.2. The van der Waals surface area contributed by atoms with Crippen LogP contribution in [0.15, 0.2) is 274 Å². The fourth-order valence-corrected chi connectivity index (χ4v) is 11.8. The molecule has 0 aliphatic carbocycles. The smallest absolute Gasteiger partial charge is 0.126 e. The van der Waals surface area contributed by atoms with Gasteiger partial charge in [-0.15, -0.1) is 0 Å². The predicted molar refractivity (Wildman–Crippen MR) is 320 cm³/mol. The average molecular weight is 990 g/mol. The van der Waals surface area contributed by atoms with Gasteiger partial charge in [-0.1, -0.05) is 147 Å². The number of ether oxygens (including phenoxy) is 2. The molecule has 0 bridgehead atoms. The first kappa shape index (κ1) is 45.5. The van der Waals surface area contributed by atoms with Gasteiger partial charge in [0.1, 0.15) is 11.5 Å². The van der Waals surface area contributed by atoms with Crippen molar-refractivity contribution in [3.05, 3.63) is 297 Å². The van der Waals surface area contributed by atoms with E-state index in [0.717, 1.165) is 74.7 Å². The molecule has 0 amide bonds. The Labute approximate surface area is 446 Å². The molecule has 0 unspecified atom stereocenters. The quantitative estimate of drug-likeness (QED) is 0.108. The van der Waals surface area contributed by atoms with E-state index in [4.69, 9.17) is 9.47 Å². The largest absolute Gasteiger partial charge is 0.466 e. The summed E-state index contributed by atoms with van der Waals surface area (Å²) in [5, 5.41) is 7.32. The molecule has 0 atom stereocenters. The second-order valence-electron chi connectivity index (χ2n) is 19.9. The normalized spacial score (nSPS) is 11.6. The third-order valence-corrected chi connectivity index (χ3v) is 15.2. The van der Waals surface area contributed by atoms with Crippen LogP contribution in [-0.2, 0) is 12.8 Å². The number of rotatable bonds is 13. The van der Waals surface area contributed by atoms with E-state index in [-0.39, 0.29) is 0 Å². The monoisotopic (exact) mass is 989 g/mol. The molecule has 3 heterocycles. The van der Waals surface area contributed by atoms with Crippen molar-refractivity contribution < 1.29 is 9.47 Å². The summed E-state index contributed by atoms with van der Waals surface area (Å²) in [4.78, 5) is 0. The minimum absolute atomic E-state index is 0.795. The van der Waals surface area contributed by atoms with Crippen LogP contribution in [0.1, 0.15) is 22.3 Å². The Morgan fingerprint density at radius 3 is 1.04 bits per heavy atom. The van der Waals surface area contributed by atoms with E-state index in [0.29, 0.717) is 0 Å². The molecule has 11 aromatic carbocycles. The molecule has 0 fully saturated rings. The molecule has 0 N–H and O–H groups in total. The van der Waals surface area contributed by atoms with Crippen LogP contribution < -0.4 is 9.47 Å². The lowest BCUT2D eigenvalue weighted by atomic mass is 9.96. The maximum absolute atomic E-state index is 5.57. The summed E-state index contributed by atoms with van der Waals surface area (Å²) in [5.41, 5.74) is 19.8. The molecule has 5 heteroatoms. The number of fused-ring (bicyclic) bond motifs is 9. The first-order chi connectivity index (χ1) is 38.0. The lowest BCUT2D eigenvalue weighted by Gasteiger charge is -2.15. The summed E-state index contributed by atoms with van der Waals surface area (Å²) in [5.74, 6) is 1.59. The maximum Gasteiger partial charge on any atom is 0.126 e. The van der Waals surface area contributed by atoms with Gasteiger partial charge in [0.15, 0.2) is 0 Å². The summed E-state index contributed by atoms with van der Waals surface area (Å²) in [6.45, 7) is 7.44. The van der Waals surface area contributed by atoms with E-state index in [2.05, 4.69) is 251 Å². The number of benzene rings is 11. The Morgan fingerprint density at radius 1 is 0.273 bits per heavy atom. The minimum Gasteiger partial charge on any atom is -0.466 e. The van der Waals surface area contributed by atoms with Gasteiger partial charge in [0, 0.05) is 49.4 Å². The Balaban J connectivity index is 0.888. The van der Waals surface area contributed by atoms with Crippen molar-refractivity contribution in [2.45, 2.75) is 12.8 Å². The number of hydrogen-bond donors (Lipinski definition) is 0. The molecule has 0 spiro atoms. The van der Waals surface area contributed by atoms with Crippen molar-refractivity contribution in [2.75, 3.05) is 0 Å². The van der Waals surface area contributed by atoms with Gasteiger partial charge in [0.05, 0.1) is 45.6 Å². The van der Waals surface area contributed by atoms with Gasteiger partial charge in [-0.3, -0.25) is 0 Å². The highest BCUT2D eigenvalue weighted by atomic mass is 16.5. The summed E-state index contributed by atoms with van der Waals surface area (Å²) in [6, 6.07) is 90.6. The van der Waals surface area contributed by atoms with Gasteiger partial charge < -0.3 is 23.2 Å². The van der Waals surface area contributed by atoms with Crippen LogP contribution in [0.2, 0.25) is 0 Å². The fourth-order valence-electron chi connectivity index (χ4n) is 11.8. The molecule has 0 saturated heterocycles. The SMILES string of the molecule is C=COc1cccc(Cc2ccc(-n3c4ccccc4c4cc(-c5cc(-c6ccc7c(c6)c6ccccc6n7-c6ccc(Cc7cccc(OC=C)c7)cc6)cc(-n6c7ccccc7c7ccccc76)c5)ccc43)cc2)c1. The van der Waals surface area contributed by atoms with Crippen LogP contribution in [0.4, 0.5) is 0 Å². The number of para-hydroxylation sites is 4. The molecule has 0 saturated carbocycles. The molecular weight excluding hydrogens is 939 g/mol. The molecule has 0 radical (unpaired) electrons. The molecule has 0 aliphatic heterocycles. The zero-order valence-electron chi connectivity index (χ0n) is 42.3. The highest BCUT2D eigenvalue weighted by Crippen LogP contribution is 2.41. The standard InChI is InChI=1S/C72H51N3O2/c1-3-76-59-17-13-15-50(41-59)39-48-27-33-56(34-28-48)73-69-25-11-7-21-63(69)65-46-52(31-37-71(65)73)54-43-55(45-58(44-54)75-67-23-9-5-19-61(67)62-20-6-10-24-68(62)75)53-32-38-72-66(47-53)64-22-8-12-26-70(64)74(72)57-35-29-49(30-36-57)40-51-16-14-18-60(42-51)77-4-2/h3-38,41-47H,1-2,39-40H2. The second-order valence-corrected chi connectivity index (χ2v) is 19.9. The topological polar surface area (TPSA) is 33.2 Å². The fraction of sp³-hybridized carbons (Fsp3) is 0.0278. The molecule has 366 valence electrons. The zero-order valence-corrected chi connectivity index (χ0v) is 42.3. The predicted octanol–water partition coefficient (Wildman–Crippen LogP) is 18.5. The number of aromatic nitrogens is 3. The number of hydrogen-bond acceptors (Lipinski definition) is 2. The van der Waals surface area contributed by atoms with Crippen LogP contribution in [0.5, 0.6) is 11.5 Å². The minimum atomic E-state index is 0.795. The van der Waals surface area contributed by atoms with E-state index in [1.165, 1.54) is 89.2 Å². The highest BCUT2D eigenvalue weighted by molar-refractivity contribution is 6.13. The zero-order chi connectivity index (χ0) is 51.4. The summed E-state index contributed by atoms with van der Waals surface area (Å²) in [6.07, 6.45) is 4.55. The van der Waals surface area contributed by atoms with Gasteiger partial charge >= 0.3 is 0 Å². The van der Waals surface area contributed by atoms with E-state index in [1.54, 1.807) is 0 Å². The van der Waals surface area contributed by atoms with Crippen molar-refractivity contribution in [1.29, 1.82) is 0 Å². The second kappa shape index (κ2) is 19.0. The maximum atomic E-state index is 5.57. The third-order valence-electron chi connectivity index (χ3n) is 15.2. The molecule has 3 aromatic heterocycles. The van der Waals surface area contributed by atoms with E-state index in [9.17, 15) is 0 Å². The molecule has 77 heavy (non-hydrogen) atoms. The van der Waals surface area contributed by atoms with Crippen LogP contribution in [-0.4, -0.2) is 13.7 Å². The summed E-state index contributed by atoms with van der Waals surface area (Å²) >= 11 is 0. The van der Waals surface area contributed by atoms with Crippen molar-refractivity contribution in [1.82, 2.24) is 13.7 Å². The first-order valence-electron chi connectivity index (χ1n) is 26.2. The Bertz CT molecular complexity index is 4320. The number of nitrogens with zero attached hydrogens (tertiary/aromatic N) is 3. The molecule has 5 nitrogen and oxygen atoms in total. The summed E-state index contributed by atoms with van der Waals surface area (Å²) < 4.78 is 18.4. The summed E-state index contributed by atoms with van der Waals surface area (Å²) in [7, 11) is 0. The van der Waals surface area contributed by atoms with Crippen LogP contribution in [0.3, 0.4) is 0 Å². The van der Waals surface area contributed by atoms with Gasteiger partial charge in [0.25, 0.3) is 0 Å². The van der Waals surface area contributed by atoms with Crippen molar-refractivity contribution >= 4 is 65.4 Å². The van der Waals surface area contributed by atoms with Gasteiger partial charge in [-0.05, 0) is 173 Å². The average Bonchev–Trinajstić information content (AvgIpc) is 4.25. The first-order valence-corrected chi connectivity index (χ1v) is 26.2. The Hall–Kier alpha value is -10.1. The lowest BCUT2D eigenvalue weighted by molar-refractivity contribution is 0.482. The van der Waals surface area contributed by atoms with E-state index >= 15 is 0 Å². The lowest BCUT2D eigenvalue weighted by Crippen LogP contribution is -1.97. The van der Waals surface area contributed by atoms with Gasteiger partial charge in [-0.2, -0.15) is 0 Å². The van der Waals surface area contributed by atoms with Crippen LogP contribution in [0.25, 0.3) is 105 Å². The van der Waals surface area contributed by atoms with E-state index in [1.807, 2.05) is 24.3 Å². The van der Waals surface area contributed by atoms with Crippen LogP contribution in [0, 0.1) is 0 Å². The van der Waals surface area contributed by atoms with Crippen LogP contribution >= 0.6 is 0 Å². The van der Waals surface area contributed by atoms with E-state index < -0.39 is 0 Å². The van der Waals surface area contributed by atoms with Gasteiger partial charge in [-0.25, -0.2) is 0 Å². The highest BCUT2D eigenvalue weighted by Gasteiger charge is 2.19. The molecule has 14 aromatic rings. The van der Waals surface area contributed by atoms with Crippen molar-refractivity contribution in [2.24, 2.45) is 0 Å². The molecular formula is C72H51N3O2. The third kappa shape index (κ3) is 8.13. The molecule has 0 aliphatic rings. The Morgan fingerprint density at radius 2 is 0.636 bits per heavy atom. The van der Waals surface area contributed by atoms with Gasteiger partial charge in [0.2, 0.25) is 0 Å².